The first kappa shape index (κ1) is 17.8. The second-order valence-electron chi connectivity index (χ2n) is 7.07. The van der Waals surface area contributed by atoms with Crippen molar-refractivity contribution < 1.29 is 0 Å². The summed E-state index contributed by atoms with van der Waals surface area (Å²) in [5.74, 6) is 0.818. The van der Waals surface area contributed by atoms with Crippen LogP contribution in [0.15, 0.2) is 66.7 Å². The number of aromatic amines is 1. The van der Waals surface area contributed by atoms with Gasteiger partial charge in [0, 0.05) is 24.2 Å². The average Bonchev–Trinajstić information content (AvgIpc) is 3.02. The summed E-state index contributed by atoms with van der Waals surface area (Å²) < 4.78 is 0. The van der Waals surface area contributed by atoms with E-state index in [-0.39, 0.29) is 0 Å². The van der Waals surface area contributed by atoms with E-state index >= 15 is 0 Å². The third-order valence-electron chi connectivity index (χ3n) is 5.13. The van der Waals surface area contributed by atoms with Gasteiger partial charge >= 0.3 is 0 Å². The van der Waals surface area contributed by atoms with Gasteiger partial charge < -0.3 is 9.88 Å². The minimum Gasteiger partial charge on any atom is -0.355 e. The molecule has 0 radical (unpaired) electrons. The number of nitrogens with zero attached hydrogens (tertiary/aromatic N) is 3. The lowest BCUT2D eigenvalue weighted by molar-refractivity contribution is 0.786. The molecule has 2 aromatic carbocycles. The van der Waals surface area contributed by atoms with Crippen LogP contribution in [0.25, 0.3) is 10.9 Å². The lowest BCUT2D eigenvalue weighted by Gasteiger charge is -2.25. The van der Waals surface area contributed by atoms with E-state index < -0.39 is 0 Å². The number of anilines is 1. The summed E-state index contributed by atoms with van der Waals surface area (Å²) in [6.07, 6.45) is 0. The van der Waals surface area contributed by atoms with E-state index in [9.17, 15) is 5.26 Å². The first-order valence-corrected chi connectivity index (χ1v) is 9.38. The van der Waals surface area contributed by atoms with Crippen LogP contribution in [-0.4, -0.2) is 9.97 Å². The topological polar surface area (TPSA) is 55.7 Å². The number of fused-ring (bicyclic) bond motifs is 1. The van der Waals surface area contributed by atoms with E-state index in [2.05, 4.69) is 54.1 Å². The quantitative estimate of drug-likeness (QED) is 0.524. The van der Waals surface area contributed by atoms with Crippen molar-refractivity contribution in [2.45, 2.75) is 26.9 Å². The SMILES string of the molecule is Cc1[nH]c2c(N(Cc3ccccc3)Cc3ccccc3)nc(C#N)cc2c1C. The highest BCUT2D eigenvalue weighted by molar-refractivity contribution is 5.93. The molecule has 0 fully saturated rings. The molecule has 138 valence electrons. The van der Waals surface area contributed by atoms with Crippen LogP contribution in [0.5, 0.6) is 0 Å². The fourth-order valence-corrected chi connectivity index (χ4v) is 3.53. The number of hydrogen-bond acceptors (Lipinski definition) is 3. The summed E-state index contributed by atoms with van der Waals surface area (Å²) in [6.45, 7) is 5.56. The number of H-pyrrole nitrogens is 1. The highest BCUT2D eigenvalue weighted by atomic mass is 15.2. The number of benzene rings is 2. The Morgan fingerprint density at radius 3 is 2.04 bits per heavy atom. The zero-order chi connectivity index (χ0) is 19.5. The van der Waals surface area contributed by atoms with Crippen LogP contribution >= 0.6 is 0 Å². The van der Waals surface area contributed by atoms with Gasteiger partial charge in [-0.05, 0) is 36.6 Å². The van der Waals surface area contributed by atoms with Crippen molar-refractivity contribution in [1.82, 2.24) is 9.97 Å². The molecule has 4 nitrogen and oxygen atoms in total. The summed E-state index contributed by atoms with van der Waals surface area (Å²) in [4.78, 5) is 10.4. The van der Waals surface area contributed by atoms with Gasteiger partial charge in [0.2, 0.25) is 0 Å². The molecule has 0 aliphatic heterocycles. The van der Waals surface area contributed by atoms with Crippen molar-refractivity contribution in [3.8, 4) is 6.07 Å². The summed E-state index contributed by atoms with van der Waals surface area (Å²) in [5.41, 5.74) is 6.10. The molecule has 4 aromatic rings. The number of nitrogens with one attached hydrogen (secondary N) is 1. The van der Waals surface area contributed by atoms with Crippen LogP contribution in [0.4, 0.5) is 5.82 Å². The monoisotopic (exact) mass is 366 g/mol. The van der Waals surface area contributed by atoms with E-state index in [4.69, 9.17) is 4.98 Å². The van der Waals surface area contributed by atoms with Crippen molar-refractivity contribution in [2.24, 2.45) is 0 Å². The van der Waals surface area contributed by atoms with Gasteiger partial charge in [-0.25, -0.2) is 4.98 Å². The van der Waals surface area contributed by atoms with Crippen LogP contribution in [0.2, 0.25) is 0 Å². The third-order valence-corrected chi connectivity index (χ3v) is 5.13. The van der Waals surface area contributed by atoms with E-state index in [1.54, 1.807) is 0 Å². The van der Waals surface area contributed by atoms with Gasteiger partial charge in [0.05, 0.1) is 5.52 Å². The van der Waals surface area contributed by atoms with Crippen LogP contribution in [0, 0.1) is 25.2 Å². The van der Waals surface area contributed by atoms with Crippen LogP contribution < -0.4 is 4.90 Å². The van der Waals surface area contributed by atoms with Crippen molar-refractivity contribution in [2.75, 3.05) is 4.90 Å². The van der Waals surface area contributed by atoms with E-state index in [1.807, 2.05) is 42.5 Å². The molecule has 4 heteroatoms. The van der Waals surface area contributed by atoms with Gasteiger partial charge in [0.15, 0.2) is 5.82 Å². The smallest absolute Gasteiger partial charge is 0.155 e. The summed E-state index contributed by atoms with van der Waals surface area (Å²) in [6, 6.07) is 24.8. The van der Waals surface area contributed by atoms with Crippen LogP contribution in [0.1, 0.15) is 28.1 Å². The minimum atomic E-state index is 0.440. The van der Waals surface area contributed by atoms with Crippen LogP contribution in [0.3, 0.4) is 0 Å². The predicted octanol–water partition coefficient (Wildman–Crippen LogP) is 5.26. The molecule has 0 aliphatic rings. The lowest BCUT2D eigenvalue weighted by Crippen LogP contribution is -2.23. The molecule has 0 saturated heterocycles. The first-order chi connectivity index (χ1) is 13.7. The molecule has 28 heavy (non-hydrogen) atoms. The summed E-state index contributed by atoms with van der Waals surface area (Å²) in [5, 5.41) is 10.6. The fraction of sp³-hybridized carbons (Fsp3) is 0.167. The van der Waals surface area contributed by atoms with Crippen molar-refractivity contribution in [1.29, 1.82) is 5.26 Å². The van der Waals surface area contributed by atoms with Crippen molar-refractivity contribution in [3.05, 3.63) is 94.8 Å². The first-order valence-electron chi connectivity index (χ1n) is 9.38. The molecule has 0 amide bonds. The Labute approximate surface area is 165 Å². The second kappa shape index (κ2) is 7.58. The highest BCUT2D eigenvalue weighted by Gasteiger charge is 2.18. The lowest BCUT2D eigenvalue weighted by atomic mass is 10.1. The Morgan fingerprint density at radius 1 is 0.929 bits per heavy atom. The number of rotatable bonds is 5. The fourth-order valence-electron chi connectivity index (χ4n) is 3.53. The molecule has 2 heterocycles. The predicted molar refractivity (Wildman–Crippen MR) is 113 cm³/mol. The maximum absolute atomic E-state index is 9.54. The van der Waals surface area contributed by atoms with Crippen LogP contribution in [-0.2, 0) is 13.1 Å². The van der Waals surface area contributed by atoms with Gasteiger partial charge in [-0.2, -0.15) is 5.26 Å². The normalized spacial score (nSPS) is 10.8. The Morgan fingerprint density at radius 2 is 1.50 bits per heavy atom. The van der Waals surface area contributed by atoms with Crippen molar-refractivity contribution >= 4 is 16.7 Å². The molecule has 1 N–H and O–H groups in total. The molecule has 4 rings (SSSR count). The van der Waals surface area contributed by atoms with Gasteiger partial charge in [-0.15, -0.1) is 0 Å². The molecule has 0 spiro atoms. The molecule has 0 aliphatic carbocycles. The number of hydrogen-bond donors (Lipinski definition) is 1. The summed E-state index contributed by atoms with van der Waals surface area (Å²) in [7, 11) is 0. The standard InChI is InChI=1S/C24H22N4/c1-17-18(2)26-23-22(17)13-21(14-25)27-24(23)28(15-19-9-5-3-6-10-19)16-20-11-7-4-8-12-20/h3-13,26H,15-16H2,1-2H3. The van der Waals surface area contributed by atoms with Gasteiger partial charge in [0.25, 0.3) is 0 Å². The third kappa shape index (κ3) is 3.47. The molecule has 2 aromatic heterocycles. The molecule has 0 saturated carbocycles. The summed E-state index contributed by atoms with van der Waals surface area (Å²) >= 11 is 0. The zero-order valence-electron chi connectivity index (χ0n) is 16.1. The highest BCUT2D eigenvalue weighted by Crippen LogP contribution is 2.31. The number of nitriles is 1. The maximum Gasteiger partial charge on any atom is 0.155 e. The molecule has 0 bridgehead atoms. The maximum atomic E-state index is 9.54. The van der Waals surface area contributed by atoms with Gasteiger partial charge in [0.1, 0.15) is 11.8 Å². The largest absolute Gasteiger partial charge is 0.355 e. The van der Waals surface area contributed by atoms with Gasteiger partial charge in [-0.1, -0.05) is 60.7 Å². The van der Waals surface area contributed by atoms with Gasteiger partial charge in [-0.3, -0.25) is 0 Å². The van der Waals surface area contributed by atoms with Crippen molar-refractivity contribution in [3.63, 3.8) is 0 Å². The van der Waals surface area contributed by atoms with E-state index in [0.29, 0.717) is 18.8 Å². The number of aryl methyl sites for hydroxylation is 2. The Balaban J connectivity index is 1.86. The minimum absolute atomic E-state index is 0.440. The van der Waals surface area contributed by atoms with E-state index in [1.165, 1.54) is 11.1 Å². The number of pyridine rings is 1. The second-order valence-corrected chi connectivity index (χ2v) is 7.07. The molecular weight excluding hydrogens is 344 g/mol. The zero-order valence-corrected chi connectivity index (χ0v) is 16.1. The molecule has 0 unspecified atom stereocenters. The molecular formula is C24H22N4. The Kier molecular flexibility index (Phi) is 4.82. The Bertz CT molecular complexity index is 1100. The molecule has 0 atom stereocenters. The Hall–Kier alpha value is -3.58. The number of aromatic nitrogens is 2. The average molecular weight is 366 g/mol. The van der Waals surface area contributed by atoms with E-state index in [0.717, 1.165) is 28.0 Å².